The molecule has 0 heterocycles. The Bertz CT molecular complexity index is 256. The molecule has 0 amide bonds. The van der Waals surface area contributed by atoms with E-state index in [0.717, 1.165) is 0 Å². The number of rotatable bonds is 6. The first kappa shape index (κ1) is 14.2. The van der Waals surface area contributed by atoms with Crippen LogP contribution in [-0.2, 0) is 4.74 Å². The van der Waals surface area contributed by atoms with Crippen LogP contribution >= 0.6 is 11.8 Å². The first-order valence-corrected chi connectivity index (χ1v) is 6.40. The smallest absolute Gasteiger partial charge is 0.183 e. The van der Waals surface area contributed by atoms with Crippen LogP contribution in [0.2, 0.25) is 0 Å². The molecule has 0 bridgehead atoms. The molecule has 0 aliphatic carbocycles. The summed E-state index contributed by atoms with van der Waals surface area (Å²) in [5, 5.41) is 0.507. The van der Waals surface area contributed by atoms with E-state index >= 15 is 0 Å². The molecular formula is C12H21NOS. The average molecular weight is 227 g/mol. The van der Waals surface area contributed by atoms with E-state index in [1.807, 2.05) is 31.7 Å². The van der Waals surface area contributed by atoms with Crippen LogP contribution in [-0.4, -0.2) is 18.1 Å². The largest absolute Gasteiger partial charge is 0.480 e. The van der Waals surface area contributed by atoms with Crippen molar-refractivity contribution < 1.29 is 4.74 Å². The first-order chi connectivity index (χ1) is 7.15. The van der Waals surface area contributed by atoms with Crippen molar-refractivity contribution in [3.63, 3.8) is 0 Å². The van der Waals surface area contributed by atoms with Crippen molar-refractivity contribution in [2.45, 2.75) is 26.0 Å². The van der Waals surface area contributed by atoms with Crippen molar-refractivity contribution in [2.75, 3.05) is 12.9 Å². The Morgan fingerprint density at radius 3 is 2.67 bits per heavy atom. The molecule has 2 nitrogen and oxygen atoms in total. The molecule has 0 spiro atoms. The molecule has 0 radical (unpaired) electrons. The molecule has 3 heteroatoms. The van der Waals surface area contributed by atoms with E-state index in [0.29, 0.717) is 17.7 Å². The van der Waals surface area contributed by atoms with Crippen molar-refractivity contribution in [3.05, 3.63) is 35.8 Å². The minimum Gasteiger partial charge on any atom is -0.480 e. The number of hydrogen-bond acceptors (Lipinski definition) is 3. The summed E-state index contributed by atoms with van der Waals surface area (Å²) in [4.78, 5) is 0. The summed E-state index contributed by atoms with van der Waals surface area (Å²) in [5.41, 5.74) is 6.88. The number of nitrogens with two attached hydrogens (primary N) is 1. The maximum absolute atomic E-state index is 5.58. The molecule has 0 saturated carbocycles. The SMILES string of the molecule is C\C=C(/C=C\C=C(/N)OCC)C(C)SC. The molecule has 0 aromatic heterocycles. The summed E-state index contributed by atoms with van der Waals surface area (Å²) in [6.07, 6.45) is 9.98. The Morgan fingerprint density at radius 1 is 1.53 bits per heavy atom. The van der Waals surface area contributed by atoms with Gasteiger partial charge in [0.25, 0.3) is 0 Å². The summed E-state index contributed by atoms with van der Waals surface area (Å²) in [7, 11) is 0. The van der Waals surface area contributed by atoms with Gasteiger partial charge in [-0.3, -0.25) is 0 Å². The van der Waals surface area contributed by atoms with Gasteiger partial charge in [0.2, 0.25) is 0 Å². The predicted octanol–water partition coefficient (Wildman–Crippen LogP) is 3.08. The molecule has 0 aliphatic heterocycles. The second-order valence-corrected chi connectivity index (χ2v) is 4.21. The second-order valence-electron chi connectivity index (χ2n) is 3.03. The third-order valence-electron chi connectivity index (χ3n) is 2.02. The lowest BCUT2D eigenvalue weighted by atomic mass is 10.2. The summed E-state index contributed by atoms with van der Waals surface area (Å²) >= 11 is 1.82. The minimum atomic E-state index is 0.459. The molecule has 0 aliphatic rings. The van der Waals surface area contributed by atoms with Gasteiger partial charge in [-0.05, 0) is 38.7 Å². The Balaban J connectivity index is 4.31. The molecular weight excluding hydrogens is 206 g/mol. The van der Waals surface area contributed by atoms with Crippen molar-refractivity contribution in [3.8, 4) is 0 Å². The van der Waals surface area contributed by atoms with Gasteiger partial charge in [0, 0.05) is 5.25 Å². The maximum Gasteiger partial charge on any atom is 0.183 e. The highest BCUT2D eigenvalue weighted by molar-refractivity contribution is 7.99. The van der Waals surface area contributed by atoms with Crippen LogP contribution < -0.4 is 5.73 Å². The molecule has 1 atom stereocenters. The predicted molar refractivity (Wildman–Crippen MR) is 69.8 cm³/mol. The van der Waals surface area contributed by atoms with Crippen molar-refractivity contribution in [1.82, 2.24) is 0 Å². The van der Waals surface area contributed by atoms with Crippen LogP contribution in [0.4, 0.5) is 0 Å². The molecule has 0 aromatic carbocycles. The van der Waals surface area contributed by atoms with E-state index in [1.165, 1.54) is 5.57 Å². The van der Waals surface area contributed by atoms with Crippen LogP contribution in [0.3, 0.4) is 0 Å². The van der Waals surface area contributed by atoms with E-state index in [9.17, 15) is 0 Å². The fourth-order valence-corrected chi connectivity index (χ4v) is 1.56. The Hall–Kier alpha value is -0.830. The third-order valence-corrected chi connectivity index (χ3v) is 3.00. The van der Waals surface area contributed by atoms with Gasteiger partial charge >= 0.3 is 0 Å². The summed E-state index contributed by atoms with van der Waals surface area (Å²) in [5.74, 6) is 0.459. The first-order valence-electron chi connectivity index (χ1n) is 5.11. The zero-order chi connectivity index (χ0) is 11.7. The molecule has 15 heavy (non-hydrogen) atoms. The molecule has 0 fully saturated rings. The van der Waals surface area contributed by atoms with Gasteiger partial charge in [0.1, 0.15) is 0 Å². The molecule has 0 rings (SSSR count). The van der Waals surface area contributed by atoms with Crippen LogP contribution in [0, 0.1) is 0 Å². The van der Waals surface area contributed by atoms with E-state index < -0.39 is 0 Å². The molecule has 86 valence electrons. The van der Waals surface area contributed by atoms with Gasteiger partial charge in [-0.25, -0.2) is 0 Å². The molecule has 0 saturated heterocycles. The Labute approximate surface area is 97.3 Å². The summed E-state index contributed by atoms with van der Waals surface area (Å²) < 4.78 is 5.11. The quantitative estimate of drug-likeness (QED) is 0.559. The highest BCUT2D eigenvalue weighted by atomic mass is 32.2. The fraction of sp³-hybridized carbons (Fsp3) is 0.500. The average Bonchev–Trinajstić information content (AvgIpc) is 2.24. The molecule has 0 aromatic rings. The van der Waals surface area contributed by atoms with Crippen molar-refractivity contribution in [2.24, 2.45) is 5.73 Å². The Morgan fingerprint density at radius 2 is 2.20 bits per heavy atom. The van der Waals surface area contributed by atoms with E-state index in [4.69, 9.17) is 10.5 Å². The van der Waals surface area contributed by atoms with E-state index in [2.05, 4.69) is 25.3 Å². The highest BCUT2D eigenvalue weighted by Crippen LogP contribution is 2.16. The highest BCUT2D eigenvalue weighted by Gasteiger charge is 2.01. The van der Waals surface area contributed by atoms with E-state index in [1.54, 1.807) is 6.08 Å². The third kappa shape index (κ3) is 6.28. The second kappa shape index (κ2) is 8.48. The van der Waals surface area contributed by atoms with Gasteiger partial charge in [-0.15, -0.1) is 0 Å². The van der Waals surface area contributed by atoms with Gasteiger partial charge < -0.3 is 10.5 Å². The molecule has 2 N–H and O–H groups in total. The fourth-order valence-electron chi connectivity index (χ4n) is 1.07. The lowest BCUT2D eigenvalue weighted by Crippen LogP contribution is -2.01. The number of hydrogen-bond donors (Lipinski definition) is 1. The van der Waals surface area contributed by atoms with Crippen LogP contribution in [0.15, 0.2) is 35.8 Å². The summed E-state index contributed by atoms with van der Waals surface area (Å²) in [6.45, 7) is 6.74. The lowest BCUT2D eigenvalue weighted by Gasteiger charge is -2.08. The topological polar surface area (TPSA) is 35.2 Å². The van der Waals surface area contributed by atoms with Crippen molar-refractivity contribution >= 4 is 11.8 Å². The number of thioether (sulfide) groups is 1. The zero-order valence-corrected chi connectivity index (χ0v) is 10.8. The Kier molecular flexibility index (Phi) is 8.01. The molecule has 1 unspecified atom stereocenters. The van der Waals surface area contributed by atoms with Gasteiger partial charge in [0.05, 0.1) is 6.61 Å². The normalized spacial score (nSPS) is 15.7. The van der Waals surface area contributed by atoms with Crippen LogP contribution in [0.1, 0.15) is 20.8 Å². The minimum absolute atomic E-state index is 0.459. The maximum atomic E-state index is 5.58. The van der Waals surface area contributed by atoms with Gasteiger partial charge in [-0.1, -0.05) is 18.2 Å². The standard InChI is InChI=1S/C12H21NOS/c1-5-11(10(3)15-4)8-7-9-12(13)14-6-2/h5,7-10H,6,13H2,1-4H3/b8-7-,11-5+,12-9+. The zero-order valence-electron chi connectivity index (χ0n) is 9.99. The summed E-state index contributed by atoms with van der Waals surface area (Å²) in [6, 6.07) is 0. The van der Waals surface area contributed by atoms with Crippen LogP contribution in [0.5, 0.6) is 0 Å². The van der Waals surface area contributed by atoms with Crippen LogP contribution in [0.25, 0.3) is 0 Å². The van der Waals surface area contributed by atoms with Crippen molar-refractivity contribution in [1.29, 1.82) is 0 Å². The van der Waals surface area contributed by atoms with Gasteiger partial charge in [0.15, 0.2) is 5.88 Å². The lowest BCUT2D eigenvalue weighted by molar-refractivity contribution is 0.226. The monoisotopic (exact) mass is 227 g/mol. The van der Waals surface area contributed by atoms with E-state index in [-0.39, 0.29) is 0 Å². The number of allylic oxidation sites excluding steroid dienone is 4. The number of ether oxygens (including phenoxy) is 1. The van der Waals surface area contributed by atoms with Gasteiger partial charge in [-0.2, -0.15) is 11.8 Å².